The van der Waals surface area contributed by atoms with Crippen molar-refractivity contribution in [3.05, 3.63) is 41.5 Å². The van der Waals surface area contributed by atoms with Crippen LogP contribution in [0.2, 0.25) is 0 Å². The standard InChI is InChI=1S/C14H18N4O2S/c1-2-18-10-15-17-14(18)9-16-21(19,20)13-7-6-11-4-3-5-12(11)8-13/h6-8,10,16H,2-5,9H2,1H3. The molecule has 0 fully saturated rings. The molecule has 6 nitrogen and oxygen atoms in total. The molecule has 0 saturated carbocycles. The van der Waals surface area contributed by atoms with Crippen LogP contribution in [0.25, 0.3) is 0 Å². The summed E-state index contributed by atoms with van der Waals surface area (Å²) in [6, 6.07) is 5.39. The summed E-state index contributed by atoms with van der Waals surface area (Å²) in [4.78, 5) is 0.325. The van der Waals surface area contributed by atoms with Crippen LogP contribution < -0.4 is 4.72 Å². The van der Waals surface area contributed by atoms with Gasteiger partial charge in [-0.25, -0.2) is 13.1 Å². The molecule has 1 aliphatic carbocycles. The molecule has 21 heavy (non-hydrogen) atoms. The fraction of sp³-hybridized carbons (Fsp3) is 0.429. The fourth-order valence-corrected chi connectivity index (χ4v) is 3.67. The van der Waals surface area contributed by atoms with Gasteiger partial charge in [-0.05, 0) is 49.4 Å². The number of benzene rings is 1. The molecule has 0 saturated heterocycles. The zero-order valence-corrected chi connectivity index (χ0v) is 12.7. The number of sulfonamides is 1. The minimum absolute atomic E-state index is 0.146. The van der Waals surface area contributed by atoms with Gasteiger partial charge in [0.05, 0.1) is 11.4 Å². The molecule has 1 aromatic heterocycles. The predicted molar refractivity (Wildman–Crippen MR) is 78.2 cm³/mol. The van der Waals surface area contributed by atoms with E-state index in [1.54, 1.807) is 18.5 Å². The molecular formula is C14H18N4O2S. The Kier molecular flexibility index (Phi) is 3.77. The Morgan fingerprint density at radius 1 is 1.29 bits per heavy atom. The summed E-state index contributed by atoms with van der Waals surface area (Å²) in [6.45, 7) is 2.82. The molecule has 0 aliphatic heterocycles. The smallest absolute Gasteiger partial charge is 0.240 e. The van der Waals surface area contributed by atoms with Gasteiger partial charge in [0.1, 0.15) is 12.2 Å². The highest BCUT2D eigenvalue weighted by atomic mass is 32.2. The van der Waals surface area contributed by atoms with Gasteiger partial charge in [-0.3, -0.25) is 0 Å². The number of aromatic nitrogens is 3. The van der Waals surface area contributed by atoms with E-state index in [-0.39, 0.29) is 6.54 Å². The summed E-state index contributed by atoms with van der Waals surface area (Å²) < 4.78 is 29.1. The van der Waals surface area contributed by atoms with Gasteiger partial charge in [-0.1, -0.05) is 6.07 Å². The quantitative estimate of drug-likeness (QED) is 0.902. The van der Waals surface area contributed by atoms with Gasteiger partial charge in [0.25, 0.3) is 0 Å². The average molecular weight is 306 g/mol. The van der Waals surface area contributed by atoms with Crippen molar-refractivity contribution in [1.29, 1.82) is 0 Å². The van der Waals surface area contributed by atoms with Crippen molar-refractivity contribution in [1.82, 2.24) is 19.5 Å². The van der Waals surface area contributed by atoms with Crippen LogP contribution in [0.15, 0.2) is 29.4 Å². The third kappa shape index (κ3) is 2.84. The molecule has 1 aromatic carbocycles. The third-order valence-corrected chi connectivity index (χ3v) is 5.24. The average Bonchev–Trinajstić information content (AvgIpc) is 3.12. The molecule has 0 bridgehead atoms. The normalized spacial score (nSPS) is 14.3. The van der Waals surface area contributed by atoms with Crippen molar-refractivity contribution in [2.75, 3.05) is 0 Å². The highest BCUT2D eigenvalue weighted by molar-refractivity contribution is 7.89. The zero-order valence-electron chi connectivity index (χ0n) is 11.9. The summed E-state index contributed by atoms with van der Waals surface area (Å²) in [6.07, 6.45) is 4.70. The van der Waals surface area contributed by atoms with Crippen LogP contribution in [0.4, 0.5) is 0 Å². The number of hydrogen-bond acceptors (Lipinski definition) is 4. The zero-order chi connectivity index (χ0) is 14.9. The number of nitrogens with one attached hydrogen (secondary N) is 1. The molecule has 7 heteroatoms. The van der Waals surface area contributed by atoms with E-state index in [1.807, 2.05) is 17.6 Å². The van der Waals surface area contributed by atoms with Crippen molar-refractivity contribution < 1.29 is 8.42 Å². The molecule has 112 valence electrons. The van der Waals surface area contributed by atoms with Gasteiger partial charge in [0.15, 0.2) is 0 Å². The minimum atomic E-state index is -3.51. The Balaban J connectivity index is 1.78. The number of aryl methyl sites for hydroxylation is 3. The van der Waals surface area contributed by atoms with Crippen molar-refractivity contribution in [2.45, 2.75) is 44.2 Å². The van der Waals surface area contributed by atoms with Crippen molar-refractivity contribution in [3.63, 3.8) is 0 Å². The maximum Gasteiger partial charge on any atom is 0.240 e. The van der Waals surface area contributed by atoms with Crippen LogP contribution in [0.3, 0.4) is 0 Å². The topological polar surface area (TPSA) is 76.9 Å². The van der Waals surface area contributed by atoms with Crippen LogP contribution in [-0.2, 0) is 36.0 Å². The Hall–Kier alpha value is -1.73. The third-order valence-electron chi connectivity index (χ3n) is 3.84. The van der Waals surface area contributed by atoms with Gasteiger partial charge in [0, 0.05) is 6.54 Å². The largest absolute Gasteiger partial charge is 0.317 e. The number of fused-ring (bicyclic) bond motifs is 1. The molecule has 2 aromatic rings. The van der Waals surface area contributed by atoms with E-state index in [4.69, 9.17) is 0 Å². The van der Waals surface area contributed by atoms with Gasteiger partial charge in [-0.15, -0.1) is 10.2 Å². The van der Waals surface area contributed by atoms with E-state index >= 15 is 0 Å². The van der Waals surface area contributed by atoms with E-state index in [2.05, 4.69) is 14.9 Å². The van der Waals surface area contributed by atoms with E-state index in [0.29, 0.717) is 17.3 Å². The Morgan fingerprint density at radius 2 is 2.10 bits per heavy atom. The van der Waals surface area contributed by atoms with Gasteiger partial charge >= 0.3 is 0 Å². The lowest BCUT2D eigenvalue weighted by atomic mass is 10.1. The van der Waals surface area contributed by atoms with E-state index in [9.17, 15) is 8.42 Å². The van der Waals surface area contributed by atoms with Crippen LogP contribution in [0.5, 0.6) is 0 Å². The van der Waals surface area contributed by atoms with Crippen molar-refractivity contribution in [3.8, 4) is 0 Å². The summed E-state index contributed by atoms with van der Waals surface area (Å²) in [5.41, 5.74) is 2.41. The first-order chi connectivity index (χ1) is 10.1. The maximum atomic E-state index is 12.4. The highest BCUT2D eigenvalue weighted by Crippen LogP contribution is 2.24. The van der Waals surface area contributed by atoms with Gasteiger partial charge < -0.3 is 4.57 Å². The van der Waals surface area contributed by atoms with Gasteiger partial charge in [0.2, 0.25) is 10.0 Å². The lowest BCUT2D eigenvalue weighted by Crippen LogP contribution is -2.25. The Morgan fingerprint density at radius 3 is 2.90 bits per heavy atom. The van der Waals surface area contributed by atoms with Gasteiger partial charge in [-0.2, -0.15) is 0 Å². The second-order valence-electron chi connectivity index (χ2n) is 5.14. The first-order valence-electron chi connectivity index (χ1n) is 7.08. The van der Waals surface area contributed by atoms with Crippen LogP contribution in [-0.4, -0.2) is 23.2 Å². The molecule has 0 unspecified atom stereocenters. The molecule has 0 amide bonds. The molecule has 0 radical (unpaired) electrons. The summed E-state index contributed by atoms with van der Waals surface area (Å²) in [7, 11) is -3.51. The van der Waals surface area contributed by atoms with Crippen LogP contribution in [0.1, 0.15) is 30.3 Å². The number of nitrogens with zero attached hydrogens (tertiary/aromatic N) is 3. The van der Waals surface area contributed by atoms with E-state index in [0.717, 1.165) is 24.8 Å². The summed E-state index contributed by atoms with van der Waals surface area (Å²) in [5, 5.41) is 7.72. The lowest BCUT2D eigenvalue weighted by molar-refractivity contribution is 0.575. The lowest BCUT2D eigenvalue weighted by Gasteiger charge is -2.09. The van der Waals surface area contributed by atoms with E-state index < -0.39 is 10.0 Å². The van der Waals surface area contributed by atoms with Crippen molar-refractivity contribution in [2.24, 2.45) is 0 Å². The summed E-state index contributed by atoms with van der Waals surface area (Å²) >= 11 is 0. The second-order valence-corrected chi connectivity index (χ2v) is 6.91. The Bertz CT molecular complexity index is 752. The first-order valence-corrected chi connectivity index (χ1v) is 8.56. The van der Waals surface area contributed by atoms with E-state index in [1.165, 1.54) is 5.56 Å². The monoisotopic (exact) mass is 306 g/mol. The van der Waals surface area contributed by atoms with Crippen LogP contribution >= 0.6 is 0 Å². The molecule has 1 heterocycles. The molecule has 0 spiro atoms. The van der Waals surface area contributed by atoms with Crippen LogP contribution in [0, 0.1) is 0 Å². The SMILES string of the molecule is CCn1cnnc1CNS(=O)(=O)c1ccc2c(c1)CCC2. The predicted octanol–water partition coefficient (Wildman–Crippen LogP) is 1.27. The molecule has 0 atom stereocenters. The number of rotatable bonds is 5. The maximum absolute atomic E-state index is 12.4. The fourth-order valence-electron chi connectivity index (χ4n) is 2.64. The molecule has 3 rings (SSSR count). The first kappa shape index (κ1) is 14.2. The molecular weight excluding hydrogens is 288 g/mol. The highest BCUT2D eigenvalue weighted by Gasteiger charge is 2.19. The minimum Gasteiger partial charge on any atom is -0.317 e. The molecule has 1 aliphatic rings. The summed E-state index contributed by atoms with van der Waals surface area (Å²) in [5.74, 6) is 0.613. The Labute approximate surface area is 124 Å². The molecule has 1 N–H and O–H groups in total. The number of hydrogen-bond donors (Lipinski definition) is 1. The second kappa shape index (κ2) is 5.57. The van der Waals surface area contributed by atoms with Crippen molar-refractivity contribution >= 4 is 10.0 Å².